The van der Waals surface area contributed by atoms with Crippen LogP contribution in [0.5, 0.6) is 0 Å². The zero-order valence-corrected chi connectivity index (χ0v) is 25.9. The summed E-state index contributed by atoms with van der Waals surface area (Å²) in [6.45, 7) is 11.0. The summed E-state index contributed by atoms with van der Waals surface area (Å²) in [6.07, 6.45) is 4.55. The van der Waals surface area contributed by atoms with Gasteiger partial charge >= 0.3 is 0 Å². The van der Waals surface area contributed by atoms with Gasteiger partial charge in [0, 0.05) is 43.3 Å². The van der Waals surface area contributed by atoms with Gasteiger partial charge in [-0.3, -0.25) is 9.80 Å². The predicted molar refractivity (Wildman–Crippen MR) is 173 cm³/mol. The van der Waals surface area contributed by atoms with Gasteiger partial charge in [-0.15, -0.1) is 0 Å². The molecule has 0 aliphatic carbocycles. The van der Waals surface area contributed by atoms with Crippen molar-refractivity contribution in [3.63, 3.8) is 0 Å². The van der Waals surface area contributed by atoms with Crippen molar-refractivity contribution in [1.29, 1.82) is 5.26 Å². The number of halogens is 1. The van der Waals surface area contributed by atoms with E-state index in [0.717, 1.165) is 103 Å². The maximum absolute atomic E-state index is 9.91. The molecule has 0 radical (unpaired) electrons. The summed E-state index contributed by atoms with van der Waals surface area (Å²) in [5.41, 5.74) is 7.88. The molecule has 0 amide bonds. The average molecular weight is 598 g/mol. The lowest BCUT2D eigenvalue weighted by Gasteiger charge is -2.39. The molecule has 2 aliphatic heterocycles. The molecule has 0 spiro atoms. The number of hydrogen-bond donors (Lipinski definition) is 1. The van der Waals surface area contributed by atoms with Crippen molar-refractivity contribution < 1.29 is 9.52 Å². The van der Waals surface area contributed by atoms with Crippen LogP contribution in [-0.4, -0.2) is 71.8 Å². The van der Waals surface area contributed by atoms with Crippen molar-refractivity contribution >= 4 is 28.4 Å². The molecule has 6 rings (SSSR count). The zero-order valence-electron chi connectivity index (χ0n) is 25.2. The number of oxazole rings is 1. The Hall–Kier alpha value is -3.41. The quantitative estimate of drug-likeness (QED) is 0.225. The Kier molecular flexibility index (Phi) is 9.01. The second-order valence-electron chi connectivity index (χ2n) is 11.8. The van der Waals surface area contributed by atoms with Crippen molar-refractivity contribution in [2.24, 2.45) is 0 Å². The lowest BCUT2D eigenvalue weighted by Crippen LogP contribution is -2.46. The topological polar surface area (TPSA) is 79.8 Å². The van der Waals surface area contributed by atoms with Crippen molar-refractivity contribution in [2.75, 3.05) is 50.8 Å². The normalized spacial score (nSPS) is 16.4. The lowest BCUT2D eigenvalue weighted by atomic mass is 9.95. The fraction of sp³-hybridized carbons (Fsp3) is 0.429. The molecule has 43 heavy (non-hydrogen) atoms. The largest absolute Gasteiger partial charge is 0.435 e. The van der Waals surface area contributed by atoms with Crippen molar-refractivity contribution in [3.8, 4) is 28.7 Å². The molecular weight excluding hydrogens is 558 g/mol. The van der Waals surface area contributed by atoms with E-state index < -0.39 is 0 Å². The second-order valence-corrected chi connectivity index (χ2v) is 12.2. The number of aromatic nitrogens is 1. The Labute approximate surface area is 259 Å². The number of fused-ring (bicyclic) bond motifs is 1. The van der Waals surface area contributed by atoms with Crippen LogP contribution in [0.25, 0.3) is 33.7 Å². The minimum absolute atomic E-state index is 0.198. The molecule has 2 saturated heterocycles. The maximum atomic E-state index is 9.91. The summed E-state index contributed by atoms with van der Waals surface area (Å²) in [7, 11) is 0. The molecule has 8 heteroatoms. The van der Waals surface area contributed by atoms with Gasteiger partial charge in [0.25, 0.3) is 0 Å². The van der Waals surface area contributed by atoms with Crippen LogP contribution in [0, 0.1) is 18.3 Å². The van der Waals surface area contributed by atoms with Crippen LogP contribution >= 0.6 is 11.6 Å². The maximum Gasteiger partial charge on any atom is 0.227 e. The van der Waals surface area contributed by atoms with E-state index in [9.17, 15) is 10.4 Å². The van der Waals surface area contributed by atoms with E-state index in [1.807, 2.05) is 18.2 Å². The van der Waals surface area contributed by atoms with Crippen LogP contribution in [0.3, 0.4) is 0 Å². The average Bonchev–Trinajstić information content (AvgIpc) is 3.70. The van der Waals surface area contributed by atoms with E-state index in [4.69, 9.17) is 21.0 Å². The predicted octanol–water partition coefficient (Wildman–Crippen LogP) is 6.87. The van der Waals surface area contributed by atoms with E-state index in [1.54, 1.807) is 0 Å². The molecule has 7 nitrogen and oxygen atoms in total. The van der Waals surface area contributed by atoms with Gasteiger partial charge in [-0.25, -0.2) is 4.98 Å². The third kappa shape index (κ3) is 6.03. The number of nitrogens with zero attached hydrogens (tertiary/aromatic N) is 5. The van der Waals surface area contributed by atoms with Gasteiger partial charge in [0.1, 0.15) is 11.6 Å². The summed E-state index contributed by atoms with van der Waals surface area (Å²) in [5, 5.41) is 20.1. The number of rotatable bonds is 9. The second kappa shape index (κ2) is 13.1. The van der Waals surface area contributed by atoms with E-state index >= 15 is 0 Å². The summed E-state index contributed by atoms with van der Waals surface area (Å²) in [4.78, 5) is 12.1. The lowest BCUT2D eigenvalue weighted by molar-refractivity contribution is 0.139. The minimum Gasteiger partial charge on any atom is -0.435 e. The van der Waals surface area contributed by atoms with Crippen LogP contribution in [-0.2, 0) is 6.54 Å². The number of piperidine rings is 1. The first-order chi connectivity index (χ1) is 21.0. The number of nitriles is 1. The molecule has 4 aromatic rings. The van der Waals surface area contributed by atoms with Gasteiger partial charge < -0.3 is 14.4 Å². The SMILES string of the molecule is CCN(CCO)C1CCN(c2cccc(-c3cccc(-c4nc5cc(CN6CCCC6)cc(C#N)c5o4)c3C)c2Cl)CC1. The highest BCUT2D eigenvalue weighted by Crippen LogP contribution is 2.41. The summed E-state index contributed by atoms with van der Waals surface area (Å²) >= 11 is 7.15. The smallest absolute Gasteiger partial charge is 0.227 e. The number of likely N-dealkylation sites (N-methyl/N-ethyl adjacent to an activating group) is 1. The first-order valence-electron chi connectivity index (χ1n) is 15.5. The van der Waals surface area contributed by atoms with Crippen LogP contribution in [0.4, 0.5) is 5.69 Å². The molecule has 3 heterocycles. The van der Waals surface area contributed by atoms with Crippen LogP contribution in [0.15, 0.2) is 52.9 Å². The minimum atomic E-state index is 0.198. The van der Waals surface area contributed by atoms with Gasteiger partial charge in [0.15, 0.2) is 5.58 Å². The molecular formula is C35H40ClN5O2. The van der Waals surface area contributed by atoms with Gasteiger partial charge in [-0.2, -0.15) is 5.26 Å². The summed E-state index contributed by atoms with van der Waals surface area (Å²) in [6, 6.07) is 19.2. The van der Waals surface area contributed by atoms with Gasteiger partial charge in [-0.05, 0) is 93.2 Å². The Balaban J connectivity index is 1.28. The highest BCUT2D eigenvalue weighted by atomic mass is 35.5. The van der Waals surface area contributed by atoms with E-state index in [-0.39, 0.29) is 6.61 Å². The molecule has 224 valence electrons. The highest BCUT2D eigenvalue weighted by Gasteiger charge is 2.26. The molecule has 1 N–H and O–H groups in total. The third-order valence-corrected chi connectivity index (χ3v) is 9.62. The molecule has 2 fully saturated rings. The third-order valence-electron chi connectivity index (χ3n) is 9.22. The molecule has 0 saturated carbocycles. The number of likely N-dealkylation sites (tertiary alicyclic amines) is 1. The monoisotopic (exact) mass is 597 g/mol. The fourth-order valence-electron chi connectivity index (χ4n) is 6.91. The van der Waals surface area contributed by atoms with E-state index in [1.165, 1.54) is 12.8 Å². The summed E-state index contributed by atoms with van der Waals surface area (Å²) < 4.78 is 6.27. The van der Waals surface area contributed by atoms with Crippen molar-refractivity contribution in [3.05, 3.63) is 70.2 Å². The first kappa shape index (κ1) is 29.7. The Morgan fingerprint density at radius 3 is 2.49 bits per heavy atom. The van der Waals surface area contributed by atoms with Crippen LogP contribution in [0.1, 0.15) is 49.3 Å². The zero-order chi connectivity index (χ0) is 29.9. The number of anilines is 1. The van der Waals surface area contributed by atoms with Gasteiger partial charge in [-0.1, -0.05) is 42.8 Å². The van der Waals surface area contributed by atoms with Gasteiger partial charge in [0.05, 0.1) is 22.9 Å². The first-order valence-corrected chi connectivity index (χ1v) is 15.9. The highest BCUT2D eigenvalue weighted by molar-refractivity contribution is 6.36. The molecule has 0 unspecified atom stereocenters. The summed E-state index contributed by atoms with van der Waals surface area (Å²) in [5.74, 6) is 0.516. The number of aliphatic hydroxyl groups is 1. The van der Waals surface area contributed by atoms with E-state index in [0.29, 0.717) is 23.1 Å². The Bertz CT molecular complexity index is 1630. The van der Waals surface area contributed by atoms with Crippen LogP contribution in [0.2, 0.25) is 5.02 Å². The van der Waals surface area contributed by atoms with Crippen molar-refractivity contribution in [1.82, 2.24) is 14.8 Å². The molecule has 0 atom stereocenters. The standard InChI is InChI=1S/C35H40ClN5O2/c1-3-40(18-19-42)27-12-16-41(17-13-27)32-11-7-10-30(33(32)36)28-8-6-9-29(24(28)2)35-38-31-21-25(23-39-14-4-5-15-39)20-26(22-37)34(31)43-35/h6-11,20-21,27,42H,3-5,12-19,23H2,1-2H3. The molecule has 2 aliphatic rings. The van der Waals surface area contributed by atoms with E-state index in [2.05, 4.69) is 64.9 Å². The fourth-order valence-corrected chi connectivity index (χ4v) is 7.26. The van der Waals surface area contributed by atoms with Crippen molar-refractivity contribution in [2.45, 2.75) is 52.1 Å². The molecule has 0 bridgehead atoms. The van der Waals surface area contributed by atoms with Gasteiger partial charge in [0.2, 0.25) is 5.89 Å². The number of aliphatic hydroxyl groups excluding tert-OH is 1. The molecule has 3 aromatic carbocycles. The van der Waals surface area contributed by atoms with Crippen LogP contribution < -0.4 is 4.90 Å². The number of hydrogen-bond acceptors (Lipinski definition) is 7. The Morgan fingerprint density at radius 2 is 1.77 bits per heavy atom. The Morgan fingerprint density at radius 1 is 1.05 bits per heavy atom. The number of benzene rings is 3. The molecule has 1 aromatic heterocycles.